The van der Waals surface area contributed by atoms with Crippen molar-refractivity contribution in [2.75, 3.05) is 6.61 Å². The molecule has 1 amide bonds. The highest BCUT2D eigenvalue weighted by Crippen LogP contribution is 2.17. The quantitative estimate of drug-likeness (QED) is 0.901. The molecule has 2 N–H and O–H groups in total. The lowest BCUT2D eigenvalue weighted by molar-refractivity contribution is 0.0916. The van der Waals surface area contributed by atoms with Crippen LogP contribution in [0.4, 0.5) is 0 Å². The molecule has 0 fully saturated rings. The second-order valence-corrected chi connectivity index (χ2v) is 4.51. The summed E-state index contributed by atoms with van der Waals surface area (Å²) < 4.78 is 0. The van der Waals surface area contributed by atoms with Gasteiger partial charge < -0.3 is 10.4 Å². The molecule has 0 heterocycles. The minimum absolute atomic E-state index is 0.166. The number of nitrogens with one attached hydrogen (secondary N) is 1. The number of aliphatic hydroxyl groups excluding tert-OH is 1. The van der Waals surface area contributed by atoms with E-state index in [-0.39, 0.29) is 12.5 Å². The summed E-state index contributed by atoms with van der Waals surface area (Å²) >= 11 is 5.97. The molecule has 2 aromatic carbocycles. The third kappa shape index (κ3) is 3.34. The average molecular weight is 276 g/mol. The van der Waals surface area contributed by atoms with Gasteiger partial charge in [0.05, 0.1) is 23.2 Å². The number of halogens is 1. The van der Waals surface area contributed by atoms with Crippen LogP contribution in [0.2, 0.25) is 5.02 Å². The molecule has 0 saturated carbocycles. The van der Waals surface area contributed by atoms with Crippen LogP contribution in [0.25, 0.3) is 0 Å². The molecule has 0 aliphatic carbocycles. The summed E-state index contributed by atoms with van der Waals surface area (Å²) in [7, 11) is 0. The lowest BCUT2D eigenvalue weighted by atomic mass is 10.1. The molecule has 0 saturated heterocycles. The molecule has 2 aromatic rings. The molecule has 1 atom stereocenters. The van der Waals surface area contributed by atoms with Crippen molar-refractivity contribution in [2.45, 2.75) is 6.04 Å². The summed E-state index contributed by atoms with van der Waals surface area (Å²) in [6.45, 7) is -0.166. The number of carbonyl (C=O) groups excluding carboxylic acids is 1. The number of benzene rings is 2. The Hall–Kier alpha value is -1.84. The van der Waals surface area contributed by atoms with Gasteiger partial charge in [0.25, 0.3) is 5.91 Å². The van der Waals surface area contributed by atoms with E-state index in [1.54, 1.807) is 24.3 Å². The first-order valence-electron chi connectivity index (χ1n) is 5.93. The van der Waals surface area contributed by atoms with Gasteiger partial charge in [0.2, 0.25) is 0 Å². The van der Waals surface area contributed by atoms with Crippen molar-refractivity contribution in [3.8, 4) is 0 Å². The van der Waals surface area contributed by atoms with E-state index < -0.39 is 6.04 Å². The Labute approximate surface area is 116 Å². The van der Waals surface area contributed by atoms with E-state index in [2.05, 4.69) is 5.32 Å². The summed E-state index contributed by atoms with van der Waals surface area (Å²) in [5, 5.41) is 12.6. The molecule has 0 aliphatic rings. The van der Waals surface area contributed by atoms with Gasteiger partial charge in [-0.3, -0.25) is 4.79 Å². The van der Waals surface area contributed by atoms with Crippen molar-refractivity contribution < 1.29 is 9.90 Å². The molecule has 19 heavy (non-hydrogen) atoms. The van der Waals surface area contributed by atoms with Crippen molar-refractivity contribution in [3.05, 3.63) is 70.7 Å². The minimum atomic E-state index is -0.440. The second-order valence-electron chi connectivity index (χ2n) is 4.10. The Morgan fingerprint density at radius 3 is 2.37 bits per heavy atom. The van der Waals surface area contributed by atoms with Gasteiger partial charge in [0, 0.05) is 0 Å². The molecule has 2 rings (SSSR count). The van der Waals surface area contributed by atoms with E-state index in [9.17, 15) is 9.90 Å². The number of amides is 1. The first-order chi connectivity index (χ1) is 9.22. The number of rotatable bonds is 4. The molecular weight excluding hydrogens is 262 g/mol. The fourth-order valence-electron chi connectivity index (χ4n) is 1.80. The molecule has 4 heteroatoms. The molecular formula is C15H14ClNO2. The zero-order valence-corrected chi connectivity index (χ0v) is 11.0. The molecule has 1 unspecified atom stereocenters. The first kappa shape index (κ1) is 13.6. The number of hydrogen-bond donors (Lipinski definition) is 2. The second kappa shape index (κ2) is 6.36. The maximum absolute atomic E-state index is 12.1. The van der Waals surface area contributed by atoms with Crippen molar-refractivity contribution in [1.82, 2.24) is 5.32 Å². The SMILES string of the molecule is O=C(NC(CO)c1ccccc1)c1ccccc1Cl. The van der Waals surface area contributed by atoms with Gasteiger partial charge in [0.15, 0.2) is 0 Å². The van der Waals surface area contributed by atoms with E-state index in [0.717, 1.165) is 5.56 Å². The van der Waals surface area contributed by atoms with E-state index in [4.69, 9.17) is 11.6 Å². The highest BCUT2D eigenvalue weighted by Gasteiger charge is 2.16. The van der Waals surface area contributed by atoms with Gasteiger partial charge in [-0.2, -0.15) is 0 Å². The summed E-state index contributed by atoms with van der Waals surface area (Å²) in [5.74, 6) is -0.298. The fourth-order valence-corrected chi connectivity index (χ4v) is 2.02. The van der Waals surface area contributed by atoms with E-state index >= 15 is 0 Å². The van der Waals surface area contributed by atoms with Crippen LogP contribution in [0.5, 0.6) is 0 Å². The van der Waals surface area contributed by atoms with E-state index in [1.165, 1.54) is 0 Å². The largest absolute Gasteiger partial charge is 0.394 e. The third-order valence-electron chi connectivity index (χ3n) is 2.81. The van der Waals surface area contributed by atoms with Crippen LogP contribution in [0.3, 0.4) is 0 Å². The van der Waals surface area contributed by atoms with Crippen LogP contribution in [0.1, 0.15) is 22.0 Å². The monoisotopic (exact) mass is 275 g/mol. The highest BCUT2D eigenvalue weighted by molar-refractivity contribution is 6.33. The van der Waals surface area contributed by atoms with Gasteiger partial charge in [-0.05, 0) is 17.7 Å². The summed E-state index contributed by atoms with van der Waals surface area (Å²) in [6, 6.07) is 15.7. The van der Waals surface area contributed by atoms with Gasteiger partial charge >= 0.3 is 0 Å². The predicted molar refractivity (Wildman–Crippen MR) is 75.2 cm³/mol. The van der Waals surface area contributed by atoms with E-state index in [0.29, 0.717) is 10.6 Å². The highest BCUT2D eigenvalue weighted by atomic mass is 35.5. The zero-order chi connectivity index (χ0) is 13.7. The van der Waals surface area contributed by atoms with Gasteiger partial charge in [-0.25, -0.2) is 0 Å². The molecule has 0 aliphatic heterocycles. The molecule has 0 spiro atoms. The lowest BCUT2D eigenvalue weighted by Gasteiger charge is -2.17. The summed E-state index contributed by atoms with van der Waals surface area (Å²) in [4.78, 5) is 12.1. The molecule has 0 radical (unpaired) electrons. The number of carbonyl (C=O) groups is 1. The number of hydrogen-bond acceptors (Lipinski definition) is 2. The van der Waals surface area contributed by atoms with Crippen LogP contribution in [0, 0.1) is 0 Å². The van der Waals surface area contributed by atoms with Gasteiger partial charge in [-0.1, -0.05) is 54.1 Å². The Kier molecular flexibility index (Phi) is 4.55. The lowest BCUT2D eigenvalue weighted by Crippen LogP contribution is -2.30. The standard InChI is InChI=1S/C15H14ClNO2/c16-13-9-5-4-8-12(13)15(19)17-14(10-18)11-6-2-1-3-7-11/h1-9,14,18H,10H2,(H,17,19). The van der Waals surface area contributed by atoms with Gasteiger partial charge in [-0.15, -0.1) is 0 Å². The normalized spacial score (nSPS) is 11.9. The molecule has 0 bridgehead atoms. The van der Waals surface area contributed by atoms with Crippen LogP contribution in [-0.2, 0) is 0 Å². The van der Waals surface area contributed by atoms with Gasteiger partial charge in [0.1, 0.15) is 0 Å². The average Bonchev–Trinajstić information content (AvgIpc) is 2.46. The number of aliphatic hydroxyl groups is 1. The summed E-state index contributed by atoms with van der Waals surface area (Å²) in [6.07, 6.45) is 0. The topological polar surface area (TPSA) is 49.3 Å². The van der Waals surface area contributed by atoms with Crippen LogP contribution >= 0.6 is 11.6 Å². The Morgan fingerprint density at radius 2 is 1.74 bits per heavy atom. The Balaban J connectivity index is 2.16. The first-order valence-corrected chi connectivity index (χ1v) is 6.31. The van der Waals surface area contributed by atoms with E-state index in [1.807, 2.05) is 30.3 Å². The Morgan fingerprint density at radius 1 is 1.11 bits per heavy atom. The predicted octanol–water partition coefficient (Wildman–Crippen LogP) is 2.80. The Bertz CT molecular complexity index is 557. The third-order valence-corrected chi connectivity index (χ3v) is 3.14. The molecule has 98 valence electrons. The van der Waals surface area contributed by atoms with Crippen LogP contribution < -0.4 is 5.32 Å². The van der Waals surface area contributed by atoms with Crippen molar-refractivity contribution >= 4 is 17.5 Å². The van der Waals surface area contributed by atoms with Crippen LogP contribution in [0.15, 0.2) is 54.6 Å². The minimum Gasteiger partial charge on any atom is -0.394 e. The maximum Gasteiger partial charge on any atom is 0.253 e. The molecule has 3 nitrogen and oxygen atoms in total. The fraction of sp³-hybridized carbons (Fsp3) is 0.133. The van der Waals surface area contributed by atoms with Crippen molar-refractivity contribution in [2.24, 2.45) is 0 Å². The summed E-state index contributed by atoms with van der Waals surface area (Å²) in [5.41, 5.74) is 1.25. The van der Waals surface area contributed by atoms with Crippen LogP contribution in [-0.4, -0.2) is 17.6 Å². The van der Waals surface area contributed by atoms with Crippen molar-refractivity contribution in [3.63, 3.8) is 0 Å². The zero-order valence-electron chi connectivity index (χ0n) is 10.2. The molecule has 0 aromatic heterocycles. The van der Waals surface area contributed by atoms with Crippen molar-refractivity contribution in [1.29, 1.82) is 0 Å². The smallest absolute Gasteiger partial charge is 0.253 e. The maximum atomic E-state index is 12.1.